The lowest BCUT2D eigenvalue weighted by molar-refractivity contribution is -0.110. The van der Waals surface area contributed by atoms with Gasteiger partial charge in [-0.15, -0.1) is 0 Å². The van der Waals surface area contributed by atoms with E-state index in [1.54, 1.807) is 0 Å². The summed E-state index contributed by atoms with van der Waals surface area (Å²) in [5.74, 6) is 0. The van der Waals surface area contributed by atoms with Crippen molar-refractivity contribution in [3.63, 3.8) is 0 Å². The van der Waals surface area contributed by atoms with Gasteiger partial charge >= 0.3 is 0 Å². The maximum atomic E-state index is 10.6. The topological polar surface area (TPSA) is 17.1 Å². The summed E-state index contributed by atoms with van der Waals surface area (Å²) in [5.41, 5.74) is 1.17. The van der Waals surface area contributed by atoms with E-state index in [4.69, 9.17) is 0 Å². The van der Waals surface area contributed by atoms with Gasteiger partial charge in [0.15, 0.2) is 4.69 Å². The van der Waals surface area contributed by atoms with Gasteiger partial charge in [0.25, 0.3) is 0 Å². The number of hydrogen-bond donors (Lipinski definition) is 0. The van der Waals surface area contributed by atoms with Crippen LogP contribution in [0.15, 0.2) is 28.7 Å². The number of rotatable bonds is 3. The SMILES string of the molecule is O=C(Br)CCc1ccccc1Br. The van der Waals surface area contributed by atoms with Crippen LogP contribution in [0.1, 0.15) is 12.0 Å². The van der Waals surface area contributed by atoms with Crippen LogP contribution in [0.25, 0.3) is 0 Å². The van der Waals surface area contributed by atoms with E-state index in [-0.39, 0.29) is 4.69 Å². The van der Waals surface area contributed by atoms with Gasteiger partial charge in [-0.25, -0.2) is 0 Å². The lowest BCUT2D eigenvalue weighted by Gasteiger charge is -2.00. The molecule has 0 heterocycles. The summed E-state index contributed by atoms with van der Waals surface area (Å²) >= 11 is 6.32. The summed E-state index contributed by atoms with van der Waals surface area (Å²) in [5, 5.41) is 0. The van der Waals surface area contributed by atoms with Crippen molar-refractivity contribution in [2.45, 2.75) is 12.8 Å². The number of hydrogen-bond acceptors (Lipinski definition) is 1. The zero-order chi connectivity index (χ0) is 8.97. The molecule has 1 rings (SSSR count). The Hall–Kier alpha value is -0.150. The average Bonchev–Trinajstić information content (AvgIpc) is 2.03. The van der Waals surface area contributed by atoms with Crippen molar-refractivity contribution in [1.82, 2.24) is 0 Å². The lowest BCUT2D eigenvalue weighted by atomic mass is 10.1. The van der Waals surface area contributed by atoms with Crippen LogP contribution in [0, 0.1) is 0 Å². The first-order chi connectivity index (χ1) is 5.70. The van der Waals surface area contributed by atoms with E-state index in [1.165, 1.54) is 5.56 Å². The fourth-order valence-corrected chi connectivity index (χ4v) is 1.62. The average molecular weight is 292 g/mol. The molecule has 0 spiro atoms. The minimum atomic E-state index is 0.0539. The van der Waals surface area contributed by atoms with Crippen molar-refractivity contribution in [3.05, 3.63) is 34.3 Å². The third kappa shape index (κ3) is 3.07. The van der Waals surface area contributed by atoms with E-state index in [2.05, 4.69) is 31.9 Å². The van der Waals surface area contributed by atoms with Crippen LogP contribution in [-0.2, 0) is 11.2 Å². The largest absolute Gasteiger partial charge is 0.287 e. The van der Waals surface area contributed by atoms with Crippen LogP contribution in [0.4, 0.5) is 0 Å². The van der Waals surface area contributed by atoms with Crippen molar-refractivity contribution in [2.75, 3.05) is 0 Å². The molecule has 0 amide bonds. The molecule has 0 aliphatic rings. The third-order valence-electron chi connectivity index (χ3n) is 1.55. The monoisotopic (exact) mass is 290 g/mol. The Labute approximate surface area is 88.4 Å². The Kier molecular flexibility index (Phi) is 3.95. The standard InChI is InChI=1S/C9H8Br2O/c10-8-4-2-1-3-7(8)5-6-9(11)12/h1-4H,5-6H2. The molecule has 0 saturated carbocycles. The number of carbonyl (C=O) groups is 1. The highest BCUT2D eigenvalue weighted by atomic mass is 79.9. The molecule has 0 saturated heterocycles. The van der Waals surface area contributed by atoms with E-state index in [0.29, 0.717) is 6.42 Å². The molecule has 0 unspecified atom stereocenters. The van der Waals surface area contributed by atoms with Gasteiger partial charge in [0.2, 0.25) is 0 Å². The molecule has 0 aromatic heterocycles. The van der Waals surface area contributed by atoms with Gasteiger partial charge in [-0.3, -0.25) is 4.79 Å². The van der Waals surface area contributed by atoms with Crippen molar-refractivity contribution < 1.29 is 4.79 Å². The van der Waals surface area contributed by atoms with Gasteiger partial charge in [0.1, 0.15) is 0 Å². The summed E-state index contributed by atoms with van der Waals surface area (Å²) in [4.78, 5) is 10.6. The minimum Gasteiger partial charge on any atom is -0.287 e. The maximum Gasteiger partial charge on any atom is 0.198 e. The summed E-state index contributed by atoms with van der Waals surface area (Å²) < 4.78 is 1.12. The van der Waals surface area contributed by atoms with Gasteiger partial charge in [-0.2, -0.15) is 0 Å². The second kappa shape index (κ2) is 4.77. The van der Waals surface area contributed by atoms with Gasteiger partial charge in [0.05, 0.1) is 0 Å². The molecule has 0 fully saturated rings. The van der Waals surface area contributed by atoms with Crippen LogP contribution in [-0.4, -0.2) is 4.69 Å². The smallest absolute Gasteiger partial charge is 0.198 e. The first-order valence-corrected chi connectivity index (χ1v) is 5.20. The molecule has 0 atom stereocenters. The van der Waals surface area contributed by atoms with Gasteiger partial charge in [0, 0.05) is 10.9 Å². The third-order valence-corrected chi connectivity index (χ3v) is 2.72. The van der Waals surface area contributed by atoms with E-state index in [1.807, 2.05) is 24.3 Å². The summed E-state index contributed by atoms with van der Waals surface area (Å²) in [6.07, 6.45) is 1.33. The molecular weight excluding hydrogens is 284 g/mol. The fourth-order valence-electron chi connectivity index (χ4n) is 0.934. The van der Waals surface area contributed by atoms with Gasteiger partial charge < -0.3 is 0 Å². The van der Waals surface area contributed by atoms with Gasteiger partial charge in [-0.05, 0) is 34.0 Å². The molecule has 12 heavy (non-hydrogen) atoms. The van der Waals surface area contributed by atoms with Crippen LogP contribution < -0.4 is 0 Å². The molecule has 0 radical (unpaired) electrons. The molecule has 3 heteroatoms. The fraction of sp³-hybridized carbons (Fsp3) is 0.222. The Morgan fingerprint density at radius 2 is 2.00 bits per heavy atom. The second-order valence-electron chi connectivity index (χ2n) is 2.45. The molecule has 0 aliphatic heterocycles. The summed E-state index contributed by atoms with van der Waals surface area (Å²) in [6.45, 7) is 0. The highest BCUT2D eigenvalue weighted by Gasteiger charge is 2.00. The Morgan fingerprint density at radius 3 is 2.58 bits per heavy atom. The van der Waals surface area contributed by atoms with E-state index >= 15 is 0 Å². The summed E-state index contributed by atoms with van der Waals surface area (Å²) in [7, 11) is 0. The maximum absolute atomic E-state index is 10.6. The molecular formula is C9H8Br2O. The predicted octanol–water partition coefficient (Wildman–Crippen LogP) is 3.30. The predicted molar refractivity (Wildman–Crippen MR) is 56.4 cm³/mol. The highest BCUT2D eigenvalue weighted by Crippen LogP contribution is 2.17. The summed E-state index contributed by atoms with van der Waals surface area (Å²) in [6, 6.07) is 7.93. The van der Waals surface area contributed by atoms with Crippen LogP contribution in [0.3, 0.4) is 0 Å². The molecule has 1 nitrogen and oxygen atoms in total. The van der Waals surface area contributed by atoms with Crippen LogP contribution >= 0.6 is 31.9 Å². The second-order valence-corrected chi connectivity index (χ2v) is 4.19. The van der Waals surface area contributed by atoms with E-state index < -0.39 is 0 Å². The molecule has 1 aromatic rings. The van der Waals surface area contributed by atoms with Crippen LogP contribution in [0.2, 0.25) is 0 Å². The Morgan fingerprint density at radius 1 is 1.33 bits per heavy atom. The minimum absolute atomic E-state index is 0.0539. The normalized spacial score (nSPS) is 9.83. The molecule has 64 valence electrons. The zero-order valence-corrected chi connectivity index (χ0v) is 9.56. The Bertz CT molecular complexity index is 284. The number of benzene rings is 1. The van der Waals surface area contributed by atoms with Crippen molar-refractivity contribution >= 4 is 36.6 Å². The molecule has 0 aliphatic carbocycles. The van der Waals surface area contributed by atoms with Crippen molar-refractivity contribution in [3.8, 4) is 0 Å². The van der Waals surface area contributed by atoms with Crippen molar-refractivity contribution in [1.29, 1.82) is 0 Å². The molecule has 0 bridgehead atoms. The quantitative estimate of drug-likeness (QED) is 0.781. The first kappa shape index (κ1) is 9.93. The Balaban J connectivity index is 2.63. The highest BCUT2D eigenvalue weighted by molar-refractivity contribution is 9.18. The lowest BCUT2D eigenvalue weighted by Crippen LogP contribution is -1.91. The van der Waals surface area contributed by atoms with E-state index in [9.17, 15) is 4.79 Å². The molecule has 1 aromatic carbocycles. The van der Waals surface area contributed by atoms with Crippen molar-refractivity contribution in [2.24, 2.45) is 0 Å². The van der Waals surface area contributed by atoms with E-state index in [0.717, 1.165) is 10.9 Å². The number of carbonyl (C=O) groups excluding carboxylic acids is 1. The number of aryl methyl sites for hydroxylation is 1. The zero-order valence-electron chi connectivity index (χ0n) is 6.39. The van der Waals surface area contributed by atoms with Crippen LogP contribution in [0.5, 0.6) is 0 Å². The number of halogens is 2. The molecule has 0 N–H and O–H groups in total. The van der Waals surface area contributed by atoms with Gasteiger partial charge in [-0.1, -0.05) is 34.1 Å². The first-order valence-electron chi connectivity index (χ1n) is 3.62.